The molecule has 0 fully saturated rings. The lowest BCUT2D eigenvalue weighted by Crippen LogP contribution is -2.01. The Morgan fingerprint density at radius 3 is 2.29 bits per heavy atom. The lowest BCUT2D eigenvalue weighted by atomic mass is 10.4. The van der Waals surface area contributed by atoms with Crippen LogP contribution in [0.3, 0.4) is 0 Å². The Morgan fingerprint density at radius 1 is 1.21 bits per heavy atom. The summed E-state index contributed by atoms with van der Waals surface area (Å²) in [5.74, 6) is 0. The minimum Gasteiger partial charge on any atom is -0.167 e. The van der Waals surface area contributed by atoms with Crippen LogP contribution < -0.4 is 0 Å². The molecule has 0 saturated heterocycles. The van der Waals surface area contributed by atoms with E-state index in [9.17, 15) is 13.2 Å². The van der Waals surface area contributed by atoms with Gasteiger partial charge in [0.25, 0.3) is 0 Å². The Labute approximate surface area is 84.8 Å². The summed E-state index contributed by atoms with van der Waals surface area (Å²) < 4.78 is 35.8. The van der Waals surface area contributed by atoms with Gasteiger partial charge < -0.3 is 0 Å². The van der Waals surface area contributed by atoms with Gasteiger partial charge in [0.1, 0.15) is 0 Å². The average Bonchev–Trinajstić information content (AvgIpc) is 2.02. The summed E-state index contributed by atoms with van der Waals surface area (Å²) in [7, 11) is 0. The maximum atomic E-state index is 11.9. The number of benzene rings is 1. The molecule has 0 aliphatic carbocycles. The zero-order valence-corrected chi connectivity index (χ0v) is 8.32. The van der Waals surface area contributed by atoms with Crippen molar-refractivity contribution in [1.82, 2.24) is 0 Å². The second-order valence-corrected chi connectivity index (χ2v) is 4.03. The van der Waals surface area contributed by atoms with Crippen LogP contribution in [-0.2, 0) is 0 Å². The maximum Gasteiger partial charge on any atom is 0.410 e. The van der Waals surface area contributed by atoms with E-state index in [1.54, 1.807) is 24.3 Å². The van der Waals surface area contributed by atoms with Crippen molar-refractivity contribution >= 4 is 11.8 Å². The van der Waals surface area contributed by atoms with Crippen molar-refractivity contribution in [3.63, 3.8) is 0 Å². The Kier molecular flexibility index (Phi) is 3.63. The Balaban J connectivity index is 2.67. The third-order valence-corrected chi connectivity index (χ3v) is 2.34. The van der Waals surface area contributed by atoms with Crippen LogP contribution in [0.5, 0.6) is 0 Å². The molecule has 1 aromatic carbocycles. The largest absolute Gasteiger partial charge is 0.410 e. The van der Waals surface area contributed by atoms with Crippen molar-refractivity contribution in [3.8, 4) is 0 Å². The molecule has 0 amide bonds. The first-order valence-electron chi connectivity index (χ1n) is 3.96. The fraction of sp³-hybridized carbons (Fsp3) is 0.200. The molecule has 0 aliphatic heterocycles. The van der Waals surface area contributed by atoms with Gasteiger partial charge in [0.15, 0.2) is 0 Å². The lowest BCUT2D eigenvalue weighted by molar-refractivity contribution is -0.0801. The van der Waals surface area contributed by atoms with Crippen LogP contribution in [0.25, 0.3) is 0 Å². The molecule has 1 aromatic rings. The molecule has 1 rings (SSSR count). The second-order valence-electron chi connectivity index (χ2n) is 2.71. The van der Waals surface area contributed by atoms with Gasteiger partial charge in [0, 0.05) is 11.0 Å². The fourth-order valence-corrected chi connectivity index (χ4v) is 1.79. The number of hydrogen-bond donors (Lipinski definition) is 0. The topological polar surface area (TPSA) is 0 Å². The summed E-state index contributed by atoms with van der Waals surface area (Å²) in [6.07, 6.45) is -3.92. The van der Waals surface area contributed by atoms with E-state index in [2.05, 4.69) is 0 Å². The van der Waals surface area contributed by atoms with Crippen LogP contribution >= 0.6 is 11.8 Å². The van der Waals surface area contributed by atoms with Gasteiger partial charge in [-0.1, -0.05) is 30.0 Å². The van der Waals surface area contributed by atoms with Gasteiger partial charge in [-0.2, -0.15) is 13.2 Å². The normalized spacial score (nSPS) is 13.0. The highest BCUT2D eigenvalue weighted by Crippen LogP contribution is 2.29. The van der Waals surface area contributed by atoms with Crippen LogP contribution in [0.4, 0.5) is 13.2 Å². The molecule has 4 heteroatoms. The summed E-state index contributed by atoms with van der Waals surface area (Å²) in [5.41, 5.74) is 0. The quantitative estimate of drug-likeness (QED) is 0.669. The van der Waals surface area contributed by atoms with Crippen molar-refractivity contribution < 1.29 is 13.2 Å². The number of allylic oxidation sites excluding steroid dienone is 2. The first kappa shape index (κ1) is 11.2. The van der Waals surface area contributed by atoms with E-state index < -0.39 is 6.18 Å². The molecule has 0 atom stereocenters. The van der Waals surface area contributed by atoms with E-state index in [1.807, 2.05) is 6.07 Å². The maximum absolute atomic E-state index is 11.9. The van der Waals surface area contributed by atoms with Gasteiger partial charge in [0.2, 0.25) is 0 Å². The summed E-state index contributed by atoms with van der Waals surface area (Å²) in [6.45, 7) is 1.45. The third-order valence-electron chi connectivity index (χ3n) is 1.39. The summed E-state index contributed by atoms with van der Waals surface area (Å²) >= 11 is 1.11. The summed E-state index contributed by atoms with van der Waals surface area (Å²) in [5, 5.41) is 0. The van der Waals surface area contributed by atoms with Crippen LogP contribution in [0.1, 0.15) is 6.92 Å². The molecule has 0 saturated carbocycles. The molecule has 0 nitrogen and oxygen atoms in total. The highest BCUT2D eigenvalue weighted by atomic mass is 32.2. The van der Waals surface area contributed by atoms with Crippen LogP contribution in [0, 0.1) is 0 Å². The second kappa shape index (κ2) is 4.55. The number of thioether (sulfide) groups is 1. The van der Waals surface area contributed by atoms with Gasteiger partial charge in [-0.15, -0.1) is 0 Å². The van der Waals surface area contributed by atoms with Crippen LogP contribution in [-0.4, -0.2) is 6.18 Å². The van der Waals surface area contributed by atoms with Gasteiger partial charge in [-0.3, -0.25) is 0 Å². The van der Waals surface area contributed by atoms with Crippen molar-refractivity contribution in [2.45, 2.75) is 18.0 Å². The summed E-state index contributed by atoms with van der Waals surface area (Å²) in [4.78, 5) is 1.05. The molecule has 0 aliphatic rings. The first-order valence-corrected chi connectivity index (χ1v) is 4.78. The standard InChI is InChI=1S/C10H9F3S/c1-8(7-10(11,12)13)14-9-5-3-2-4-6-9/h2-7H,1H3/b8-7+. The Bertz CT molecular complexity index is 314. The van der Waals surface area contributed by atoms with E-state index in [-0.39, 0.29) is 4.91 Å². The van der Waals surface area contributed by atoms with E-state index in [4.69, 9.17) is 0 Å². The number of halogens is 3. The SMILES string of the molecule is C/C(=C\C(F)(F)F)Sc1ccccc1. The molecule has 0 radical (unpaired) electrons. The predicted molar refractivity (Wildman–Crippen MR) is 52.1 cm³/mol. The fourth-order valence-electron chi connectivity index (χ4n) is 0.934. The highest BCUT2D eigenvalue weighted by molar-refractivity contribution is 8.03. The zero-order chi connectivity index (χ0) is 10.6. The van der Waals surface area contributed by atoms with Crippen molar-refractivity contribution in [3.05, 3.63) is 41.3 Å². The Hall–Kier alpha value is -0.900. The third kappa shape index (κ3) is 4.37. The predicted octanol–water partition coefficient (Wildman–Crippen LogP) is 4.24. The minimum atomic E-state index is -4.23. The molecule has 0 aromatic heterocycles. The number of rotatable bonds is 2. The molecule has 0 N–H and O–H groups in total. The molecule has 0 heterocycles. The monoisotopic (exact) mass is 218 g/mol. The van der Waals surface area contributed by atoms with Crippen molar-refractivity contribution in [2.24, 2.45) is 0 Å². The molecule has 0 bridgehead atoms. The van der Waals surface area contributed by atoms with E-state index in [1.165, 1.54) is 6.92 Å². The van der Waals surface area contributed by atoms with Gasteiger partial charge in [0.05, 0.1) is 0 Å². The van der Waals surface area contributed by atoms with Crippen LogP contribution in [0.2, 0.25) is 0 Å². The van der Waals surface area contributed by atoms with E-state index >= 15 is 0 Å². The molecular formula is C10H9F3S. The molecule has 14 heavy (non-hydrogen) atoms. The van der Waals surface area contributed by atoms with Gasteiger partial charge in [-0.05, 0) is 24.0 Å². The lowest BCUT2D eigenvalue weighted by Gasteiger charge is -2.03. The first-order chi connectivity index (χ1) is 6.47. The van der Waals surface area contributed by atoms with Crippen LogP contribution in [0.15, 0.2) is 46.2 Å². The van der Waals surface area contributed by atoms with Gasteiger partial charge in [-0.25, -0.2) is 0 Å². The zero-order valence-electron chi connectivity index (χ0n) is 7.51. The van der Waals surface area contributed by atoms with Gasteiger partial charge >= 0.3 is 6.18 Å². The number of hydrogen-bond acceptors (Lipinski definition) is 1. The minimum absolute atomic E-state index is 0.240. The average molecular weight is 218 g/mol. The number of alkyl halides is 3. The molecular weight excluding hydrogens is 209 g/mol. The molecule has 0 spiro atoms. The Morgan fingerprint density at radius 2 is 1.79 bits per heavy atom. The van der Waals surface area contributed by atoms with E-state index in [0.717, 1.165) is 16.7 Å². The smallest absolute Gasteiger partial charge is 0.167 e. The highest BCUT2D eigenvalue weighted by Gasteiger charge is 2.23. The van der Waals surface area contributed by atoms with E-state index in [0.29, 0.717) is 6.08 Å². The molecule has 0 unspecified atom stereocenters. The van der Waals surface area contributed by atoms with Crippen molar-refractivity contribution in [2.75, 3.05) is 0 Å². The summed E-state index contributed by atoms with van der Waals surface area (Å²) in [6, 6.07) is 8.97. The van der Waals surface area contributed by atoms with Crippen molar-refractivity contribution in [1.29, 1.82) is 0 Å². The molecule has 76 valence electrons.